The SMILES string of the molecule is CC(NC(=O)c1ccc(-c2ccccc2)cn1)c1ccc(Cl)cc1. The summed E-state index contributed by atoms with van der Waals surface area (Å²) in [4.78, 5) is 16.6. The van der Waals surface area contributed by atoms with E-state index in [4.69, 9.17) is 11.6 Å². The number of hydrogen-bond acceptors (Lipinski definition) is 2. The molecule has 0 fully saturated rings. The van der Waals surface area contributed by atoms with Crippen LogP contribution in [-0.2, 0) is 0 Å². The second-order valence-electron chi connectivity index (χ2n) is 5.54. The van der Waals surface area contributed by atoms with Gasteiger partial charge in [-0.1, -0.05) is 60.1 Å². The minimum atomic E-state index is -0.197. The highest BCUT2D eigenvalue weighted by Gasteiger charge is 2.12. The summed E-state index contributed by atoms with van der Waals surface area (Å²) in [5.74, 6) is -0.197. The molecule has 0 spiro atoms. The lowest BCUT2D eigenvalue weighted by molar-refractivity contribution is 0.0935. The molecule has 3 rings (SSSR count). The summed E-state index contributed by atoms with van der Waals surface area (Å²) < 4.78 is 0. The number of nitrogens with zero attached hydrogens (tertiary/aromatic N) is 1. The molecule has 1 unspecified atom stereocenters. The number of pyridine rings is 1. The van der Waals surface area contributed by atoms with Crippen LogP contribution < -0.4 is 5.32 Å². The third kappa shape index (κ3) is 3.81. The molecule has 1 heterocycles. The van der Waals surface area contributed by atoms with Crippen molar-refractivity contribution in [3.63, 3.8) is 0 Å². The Morgan fingerprint density at radius 1 is 0.958 bits per heavy atom. The van der Waals surface area contributed by atoms with E-state index < -0.39 is 0 Å². The van der Waals surface area contributed by atoms with Gasteiger partial charge in [0.25, 0.3) is 5.91 Å². The monoisotopic (exact) mass is 336 g/mol. The van der Waals surface area contributed by atoms with Crippen LogP contribution in [0.2, 0.25) is 5.02 Å². The molecule has 0 radical (unpaired) electrons. The van der Waals surface area contributed by atoms with Crippen LogP contribution in [0.1, 0.15) is 29.0 Å². The van der Waals surface area contributed by atoms with Gasteiger partial charge >= 0.3 is 0 Å². The van der Waals surface area contributed by atoms with E-state index in [0.29, 0.717) is 10.7 Å². The fraction of sp³-hybridized carbons (Fsp3) is 0.100. The first kappa shape index (κ1) is 16.2. The molecule has 120 valence electrons. The van der Waals surface area contributed by atoms with E-state index >= 15 is 0 Å². The van der Waals surface area contributed by atoms with Gasteiger partial charge in [-0.15, -0.1) is 0 Å². The summed E-state index contributed by atoms with van der Waals surface area (Å²) in [5, 5.41) is 3.62. The van der Waals surface area contributed by atoms with Crippen molar-refractivity contribution >= 4 is 17.5 Å². The van der Waals surface area contributed by atoms with Gasteiger partial charge in [0, 0.05) is 16.8 Å². The molecule has 1 atom stereocenters. The van der Waals surface area contributed by atoms with Crippen LogP contribution in [-0.4, -0.2) is 10.9 Å². The Labute approximate surface area is 146 Å². The summed E-state index contributed by atoms with van der Waals surface area (Å²) in [6.07, 6.45) is 1.72. The van der Waals surface area contributed by atoms with Gasteiger partial charge in [0.15, 0.2) is 0 Å². The topological polar surface area (TPSA) is 42.0 Å². The van der Waals surface area contributed by atoms with Crippen LogP contribution in [0, 0.1) is 0 Å². The molecule has 0 aliphatic rings. The zero-order valence-corrected chi connectivity index (χ0v) is 14.0. The molecule has 2 aromatic carbocycles. The Morgan fingerprint density at radius 3 is 2.29 bits per heavy atom. The summed E-state index contributed by atoms with van der Waals surface area (Å²) in [6, 6.07) is 20.9. The van der Waals surface area contributed by atoms with Crippen molar-refractivity contribution in [1.29, 1.82) is 0 Å². The Balaban J connectivity index is 1.70. The number of rotatable bonds is 4. The lowest BCUT2D eigenvalue weighted by Crippen LogP contribution is -2.27. The lowest BCUT2D eigenvalue weighted by Gasteiger charge is -2.14. The average Bonchev–Trinajstić information content (AvgIpc) is 2.63. The quantitative estimate of drug-likeness (QED) is 0.736. The molecule has 3 nitrogen and oxygen atoms in total. The van der Waals surface area contributed by atoms with E-state index in [1.54, 1.807) is 12.3 Å². The molecule has 0 aliphatic carbocycles. The normalized spacial score (nSPS) is 11.8. The molecule has 0 saturated carbocycles. The predicted octanol–water partition coefficient (Wildman–Crippen LogP) is 4.89. The van der Waals surface area contributed by atoms with Crippen molar-refractivity contribution in [3.8, 4) is 11.1 Å². The van der Waals surface area contributed by atoms with Gasteiger partial charge in [-0.3, -0.25) is 9.78 Å². The van der Waals surface area contributed by atoms with Crippen molar-refractivity contribution in [2.75, 3.05) is 0 Å². The van der Waals surface area contributed by atoms with Crippen LogP contribution >= 0.6 is 11.6 Å². The third-order valence-corrected chi connectivity index (χ3v) is 4.07. The summed E-state index contributed by atoms with van der Waals surface area (Å²) >= 11 is 5.89. The highest BCUT2D eigenvalue weighted by molar-refractivity contribution is 6.30. The van der Waals surface area contributed by atoms with Gasteiger partial charge in [0.1, 0.15) is 5.69 Å². The van der Waals surface area contributed by atoms with E-state index in [1.165, 1.54) is 0 Å². The number of aromatic nitrogens is 1. The molecule has 0 bridgehead atoms. The Hall–Kier alpha value is -2.65. The molecule has 0 aliphatic heterocycles. The van der Waals surface area contributed by atoms with Gasteiger partial charge < -0.3 is 5.32 Å². The van der Waals surface area contributed by atoms with Crippen LogP contribution in [0.5, 0.6) is 0 Å². The number of amides is 1. The fourth-order valence-corrected chi connectivity index (χ4v) is 2.56. The number of nitrogens with one attached hydrogen (secondary N) is 1. The minimum absolute atomic E-state index is 0.120. The highest BCUT2D eigenvalue weighted by Crippen LogP contribution is 2.19. The molecule has 3 aromatic rings. The lowest BCUT2D eigenvalue weighted by atomic mass is 10.1. The third-order valence-electron chi connectivity index (χ3n) is 3.82. The molecule has 1 N–H and O–H groups in total. The van der Waals surface area contributed by atoms with E-state index in [1.807, 2.05) is 67.6 Å². The number of carbonyl (C=O) groups is 1. The zero-order valence-electron chi connectivity index (χ0n) is 13.2. The summed E-state index contributed by atoms with van der Waals surface area (Å²) in [7, 11) is 0. The smallest absolute Gasteiger partial charge is 0.270 e. The molecule has 24 heavy (non-hydrogen) atoms. The second kappa shape index (κ2) is 7.28. The second-order valence-corrected chi connectivity index (χ2v) is 5.98. The van der Waals surface area contributed by atoms with Crippen molar-refractivity contribution < 1.29 is 4.79 Å². The Kier molecular flexibility index (Phi) is 4.92. The van der Waals surface area contributed by atoms with Crippen LogP contribution in [0.3, 0.4) is 0 Å². The largest absolute Gasteiger partial charge is 0.344 e. The number of halogens is 1. The van der Waals surface area contributed by atoms with E-state index in [0.717, 1.165) is 16.7 Å². The van der Waals surface area contributed by atoms with Crippen molar-refractivity contribution in [1.82, 2.24) is 10.3 Å². The Morgan fingerprint density at radius 2 is 1.67 bits per heavy atom. The molecule has 4 heteroatoms. The summed E-state index contributed by atoms with van der Waals surface area (Å²) in [5.41, 5.74) is 3.45. The number of benzene rings is 2. The molecule has 0 saturated heterocycles. The van der Waals surface area contributed by atoms with E-state index in [9.17, 15) is 4.79 Å². The standard InChI is InChI=1S/C20H17ClN2O/c1-14(15-7-10-18(21)11-8-15)23-20(24)19-12-9-17(13-22-19)16-5-3-2-4-6-16/h2-14H,1H3,(H,23,24). The van der Waals surface area contributed by atoms with Crippen LogP contribution in [0.25, 0.3) is 11.1 Å². The predicted molar refractivity (Wildman–Crippen MR) is 97.0 cm³/mol. The first-order chi connectivity index (χ1) is 11.6. The van der Waals surface area contributed by atoms with E-state index in [-0.39, 0.29) is 11.9 Å². The van der Waals surface area contributed by atoms with Gasteiger partial charge in [-0.2, -0.15) is 0 Å². The molecule has 1 aromatic heterocycles. The maximum absolute atomic E-state index is 12.3. The van der Waals surface area contributed by atoms with Gasteiger partial charge in [0.05, 0.1) is 6.04 Å². The maximum Gasteiger partial charge on any atom is 0.270 e. The van der Waals surface area contributed by atoms with Crippen LogP contribution in [0.4, 0.5) is 0 Å². The zero-order chi connectivity index (χ0) is 16.9. The molecular formula is C20H17ClN2O. The van der Waals surface area contributed by atoms with E-state index in [2.05, 4.69) is 10.3 Å². The van der Waals surface area contributed by atoms with Crippen molar-refractivity contribution in [3.05, 3.63) is 89.2 Å². The fourth-order valence-electron chi connectivity index (χ4n) is 2.43. The maximum atomic E-state index is 12.3. The van der Waals surface area contributed by atoms with Gasteiger partial charge in [-0.25, -0.2) is 0 Å². The van der Waals surface area contributed by atoms with Crippen LogP contribution in [0.15, 0.2) is 72.9 Å². The van der Waals surface area contributed by atoms with Gasteiger partial charge in [-0.05, 0) is 36.2 Å². The highest BCUT2D eigenvalue weighted by atomic mass is 35.5. The average molecular weight is 337 g/mol. The van der Waals surface area contributed by atoms with Gasteiger partial charge in [0.2, 0.25) is 0 Å². The molecule has 1 amide bonds. The van der Waals surface area contributed by atoms with Crippen molar-refractivity contribution in [2.24, 2.45) is 0 Å². The molecular weight excluding hydrogens is 320 g/mol. The number of carbonyl (C=O) groups excluding carboxylic acids is 1. The first-order valence-electron chi connectivity index (χ1n) is 7.71. The Bertz CT molecular complexity index is 815. The van der Waals surface area contributed by atoms with Crippen molar-refractivity contribution in [2.45, 2.75) is 13.0 Å². The number of hydrogen-bond donors (Lipinski definition) is 1. The summed E-state index contributed by atoms with van der Waals surface area (Å²) in [6.45, 7) is 1.93. The first-order valence-corrected chi connectivity index (χ1v) is 8.09. The minimum Gasteiger partial charge on any atom is -0.344 e.